The highest BCUT2D eigenvalue weighted by molar-refractivity contribution is 5.94. The quantitative estimate of drug-likeness (QED) is 0.727. The fourth-order valence-corrected chi connectivity index (χ4v) is 2.33. The second-order valence-electron chi connectivity index (χ2n) is 6.78. The molecular weight excluding hydrogens is 312 g/mol. The molecule has 0 unspecified atom stereocenters. The summed E-state index contributed by atoms with van der Waals surface area (Å²) in [6.45, 7) is 9.31. The Morgan fingerprint density at radius 1 is 1.08 bits per heavy atom. The van der Waals surface area contributed by atoms with Gasteiger partial charge in [0.1, 0.15) is 5.75 Å². The molecule has 134 valence electrons. The van der Waals surface area contributed by atoms with E-state index in [0.29, 0.717) is 5.92 Å². The minimum atomic E-state index is -0.0639. The molecule has 0 heterocycles. The molecule has 4 nitrogen and oxygen atoms in total. The molecule has 0 atom stereocenters. The van der Waals surface area contributed by atoms with Gasteiger partial charge in [0.25, 0.3) is 0 Å². The van der Waals surface area contributed by atoms with Gasteiger partial charge in [-0.25, -0.2) is 0 Å². The summed E-state index contributed by atoms with van der Waals surface area (Å²) in [5.41, 5.74) is 3.94. The monoisotopic (exact) mass is 340 g/mol. The molecule has 0 aliphatic carbocycles. The number of amides is 1. The smallest absolute Gasteiger partial charge is 0.243 e. The summed E-state index contributed by atoms with van der Waals surface area (Å²) < 4.78 is 5.69. The average Bonchev–Trinajstić information content (AvgIpc) is 2.57. The largest absolute Gasteiger partial charge is 0.494 e. The van der Waals surface area contributed by atoms with E-state index in [0.717, 1.165) is 41.3 Å². The van der Waals surface area contributed by atoms with Crippen molar-refractivity contribution >= 4 is 17.3 Å². The summed E-state index contributed by atoms with van der Waals surface area (Å²) in [5.74, 6) is 1.42. The molecule has 0 fully saturated rings. The van der Waals surface area contributed by atoms with Crippen molar-refractivity contribution in [3.05, 3.63) is 53.6 Å². The van der Waals surface area contributed by atoms with Gasteiger partial charge < -0.3 is 15.4 Å². The van der Waals surface area contributed by atoms with Crippen LogP contribution in [0, 0.1) is 19.8 Å². The van der Waals surface area contributed by atoms with Crippen molar-refractivity contribution in [2.75, 3.05) is 23.8 Å². The van der Waals surface area contributed by atoms with Crippen molar-refractivity contribution < 1.29 is 9.53 Å². The van der Waals surface area contributed by atoms with E-state index in [1.165, 1.54) is 0 Å². The van der Waals surface area contributed by atoms with Gasteiger partial charge in [0.15, 0.2) is 0 Å². The molecule has 0 saturated carbocycles. The number of anilines is 2. The summed E-state index contributed by atoms with van der Waals surface area (Å²) in [4.78, 5) is 12.1. The van der Waals surface area contributed by atoms with Crippen LogP contribution in [0.1, 0.15) is 31.4 Å². The number of carbonyl (C=O) groups excluding carboxylic acids is 1. The van der Waals surface area contributed by atoms with Gasteiger partial charge in [-0.1, -0.05) is 26.0 Å². The lowest BCUT2D eigenvalue weighted by molar-refractivity contribution is -0.114. The number of hydrogen-bond acceptors (Lipinski definition) is 3. The fourth-order valence-electron chi connectivity index (χ4n) is 2.33. The standard InChI is InChI=1S/C21H28N2O2/c1-15(2)11-12-25-19-9-7-18(8-10-19)22-14-21(24)23-20-13-16(3)5-6-17(20)4/h5-10,13,15,22H,11-12,14H2,1-4H3,(H,23,24). The van der Waals surface area contributed by atoms with Gasteiger partial charge in [-0.05, 0) is 67.6 Å². The average molecular weight is 340 g/mol. The molecule has 0 aliphatic heterocycles. The van der Waals surface area contributed by atoms with Gasteiger partial charge in [0, 0.05) is 11.4 Å². The zero-order valence-electron chi connectivity index (χ0n) is 15.6. The first-order valence-electron chi connectivity index (χ1n) is 8.78. The van der Waals surface area contributed by atoms with Gasteiger partial charge in [0.2, 0.25) is 5.91 Å². The predicted octanol–water partition coefficient (Wildman–Crippen LogP) is 4.78. The maximum Gasteiger partial charge on any atom is 0.243 e. The number of ether oxygens (including phenoxy) is 1. The molecule has 2 aromatic carbocycles. The summed E-state index contributed by atoms with van der Waals surface area (Å²) in [6.07, 6.45) is 1.04. The molecule has 2 aromatic rings. The van der Waals surface area contributed by atoms with Gasteiger partial charge in [-0.15, -0.1) is 0 Å². The Bertz CT molecular complexity index is 694. The Morgan fingerprint density at radius 2 is 1.80 bits per heavy atom. The summed E-state index contributed by atoms with van der Waals surface area (Å²) >= 11 is 0. The SMILES string of the molecule is Cc1ccc(C)c(NC(=O)CNc2ccc(OCCC(C)C)cc2)c1. The highest BCUT2D eigenvalue weighted by Crippen LogP contribution is 2.18. The normalized spacial score (nSPS) is 10.6. The predicted molar refractivity (Wildman–Crippen MR) is 104 cm³/mol. The van der Waals surface area contributed by atoms with Crippen LogP contribution in [-0.2, 0) is 4.79 Å². The Labute approximate surface area is 150 Å². The lowest BCUT2D eigenvalue weighted by Gasteiger charge is -2.11. The third-order valence-electron chi connectivity index (χ3n) is 3.94. The van der Waals surface area contributed by atoms with E-state index in [1.54, 1.807) is 0 Å². The van der Waals surface area contributed by atoms with E-state index in [2.05, 4.69) is 24.5 Å². The highest BCUT2D eigenvalue weighted by Gasteiger charge is 2.05. The van der Waals surface area contributed by atoms with E-state index in [4.69, 9.17) is 4.74 Å². The van der Waals surface area contributed by atoms with Crippen LogP contribution in [0.2, 0.25) is 0 Å². The fraction of sp³-hybridized carbons (Fsp3) is 0.381. The summed E-state index contributed by atoms with van der Waals surface area (Å²) in [5, 5.41) is 6.08. The van der Waals surface area contributed by atoms with Crippen LogP contribution in [0.15, 0.2) is 42.5 Å². The van der Waals surface area contributed by atoms with Crippen molar-refractivity contribution in [2.45, 2.75) is 34.1 Å². The van der Waals surface area contributed by atoms with Crippen LogP contribution in [0.4, 0.5) is 11.4 Å². The third-order valence-corrected chi connectivity index (χ3v) is 3.94. The van der Waals surface area contributed by atoms with Crippen molar-refractivity contribution in [1.82, 2.24) is 0 Å². The van der Waals surface area contributed by atoms with Crippen molar-refractivity contribution in [2.24, 2.45) is 5.92 Å². The second kappa shape index (κ2) is 9.11. The maximum absolute atomic E-state index is 12.1. The molecule has 0 spiro atoms. The van der Waals surface area contributed by atoms with Crippen LogP contribution in [0.3, 0.4) is 0 Å². The molecule has 2 N–H and O–H groups in total. The molecule has 1 amide bonds. The summed E-state index contributed by atoms with van der Waals surface area (Å²) in [6, 6.07) is 13.7. The van der Waals surface area contributed by atoms with Crippen LogP contribution >= 0.6 is 0 Å². The number of carbonyl (C=O) groups is 1. The van der Waals surface area contributed by atoms with Crippen LogP contribution in [0.5, 0.6) is 5.75 Å². The first kappa shape index (κ1) is 18.8. The first-order chi connectivity index (χ1) is 11.9. The Balaban J connectivity index is 1.80. The maximum atomic E-state index is 12.1. The third kappa shape index (κ3) is 6.49. The molecule has 25 heavy (non-hydrogen) atoms. The van der Waals surface area contributed by atoms with E-state index in [9.17, 15) is 4.79 Å². The highest BCUT2D eigenvalue weighted by atomic mass is 16.5. The van der Waals surface area contributed by atoms with Crippen molar-refractivity contribution in [3.63, 3.8) is 0 Å². The van der Waals surface area contributed by atoms with E-state index >= 15 is 0 Å². The topological polar surface area (TPSA) is 50.4 Å². The Morgan fingerprint density at radius 3 is 2.48 bits per heavy atom. The van der Waals surface area contributed by atoms with E-state index < -0.39 is 0 Å². The summed E-state index contributed by atoms with van der Waals surface area (Å²) in [7, 11) is 0. The second-order valence-corrected chi connectivity index (χ2v) is 6.78. The zero-order chi connectivity index (χ0) is 18.2. The van der Waals surface area contributed by atoms with Crippen LogP contribution < -0.4 is 15.4 Å². The lowest BCUT2D eigenvalue weighted by atomic mass is 10.1. The molecule has 2 rings (SSSR count). The van der Waals surface area contributed by atoms with Crippen molar-refractivity contribution in [1.29, 1.82) is 0 Å². The van der Waals surface area contributed by atoms with Gasteiger partial charge in [-0.2, -0.15) is 0 Å². The molecule has 0 bridgehead atoms. The van der Waals surface area contributed by atoms with Crippen molar-refractivity contribution in [3.8, 4) is 5.75 Å². The number of nitrogens with one attached hydrogen (secondary N) is 2. The zero-order valence-corrected chi connectivity index (χ0v) is 15.6. The molecule has 0 aliphatic rings. The molecule has 0 radical (unpaired) electrons. The van der Waals surface area contributed by atoms with Crippen LogP contribution in [-0.4, -0.2) is 19.1 Å². The number of aryl methyl sites for hydroxylation is 2. The Hall–Kier alpha value is -2.49. The Kier molecular flexibility index (Phi) is 6.87. The van der Waals surface area contributed by atoms with Crippen LogP contribution in [0.25, 0.3) is 0 Å². The lowest BCUT2D eigenvalue weighted by Crippen LogP contribution is -2.22. The van der Waals surface area contributed by atoms with Gasteiger partial charge in [-0.3, -0.25) is 4.79 Å². The minimum Gasteiger partial charge on any atom is -0.494 e. The first-order valence-corrected chi connectivity index (χ1v) is 8.78. The number of benzene rings is 2. The minimum absolute atomic E-state index is 0.0639. The molecule has 0 aromatic heterocycles. The number of hydrogen-bond donors (Lipinski definition) is 2. The van der Waals surface area contributed by atoms with Gasteiger partial charge in [0.05, 0.1) is 13.2 Å². The molecular formula is C21H28N2O2. The van der Waals surface area contributed by atoms with E-state index in [-0.39, 0.29) is 12.5 Å². The molecule has 0 saturated heterocycles. The van der Waals surface area contributed by atoms with Gasteiger partial charge >= 0.3 is 0 Å². The number of rotatable bonds is 8. The molecule has 4 heteroatoms. The van der Waals surface area contributed by atoms with E-state index in [1.807, 2.05) is 56.3 Å².